The topological polar surface area (TPSA) is 100 Å². The Labute approximate surface area is 263 Å². The lowest BCUT2D eigenvalue weighted by atomic mass is 10.1. The summed E-state index contributed by atoms with van der Waals surface area (Å²) in [6.45, 7) is 3.12. The highest BCUT2D eigenvalue weighted by Crippen LogP contribution is 2.35. The fourth-order valence-electron chi connectivity index (χ4n) is 4.59. The van der Waals surface area contributed by atoms with Crippen molar-refractivity contribution in [2.45, 2.75) is 38.8 Å². The van der Waals surface area contributed by atoms with Crippen molar-refractivity contribution in [3.63, 3.8) is 0 Å². The van der Waals surface area contributed by atoms with Gasteiger partial charge in [-0.15, -0.1) is 0 Å². The zero-order chi connectivity index (χ0) is 32.4. The maximum Gasteiger partial charge on any atom is 0.417 e. The molecular weight excluding hydrogens is 609 g/mol. The minimum atomic E-state index is -4.65. The van der Waals surface area contributed by atoms with Crippen molar-refractivity contribution in [3.8, 4) is 11.8 Å². The number of anilines is 2. The van der Waals surface area contributed by atoms with Crippen LogP contribution < -0.4 is 15.6 Å². The fraction of sp³-hybridized carbons (Fsp3) is 0.273. The Morgan fingerprint density at radius 2 is 1.80 bits per heavy atom. The standard InChI is InChI=1S/C33H30ClF3N4O4/c1-22(42)45-17-6-3-8-23-9-7-10-25(18-23)31(43)39-30-14-12-26(41-15-4-2-5-16-41)20-27(30)32(44)40-38-21-24-11-13-29(34)28(19-24)33(35,36)37/h7,9-14,18-21H,2,4-6,15-17H2,1H3,(H,39,43)(H,40,44)/b38-21+. The number of hydrogen-bond acceptors (Lipinski definition) is 6. The third kappa shape index (κ3) is 9.58. The summed E-state index contributed by atoms with van der Waals surface area (Å²) in [5.74, 6) is 4.27. The van der Waals surface area contributed by atoms with Crippen LogP contribution in [-0.2, 0) is 15.7 Å². The molecule has 234 valence electrons. The number of carbonyl (C=O) groups is 3. The van der Waals surface area contributed by atoms with Crippen LogP contribution in [0.4, 0.5) is 24.5 Å². The van der Waals surface area contributed by atoms with Crippen LogP contribution in [0.1, 0.15) is 70.0 Å². The number of rotatable bonds is 8. The first-order valence-corrected chi connectivity index (χ1v) is 14.5. The minimum absolute atomic E-state index is 0.0805. The SMILES string of the molecule is CC(=O)OCCC#Cc1cccc(C(=O)Nc2ccc(N3CCCCC3)cc2C(=O)N/N=C/c2ccc(Cl)c(C(F)(F)F)c2)c1. The number of ether oxygens (including phenoxy) is 1. The van der Waals surface area contributed by atoms with Gasteiger partial charge in [0.2, 0.25) is 0 Å². The Balaban J connectivity index is 1.54. The summed E-state index contributed by atoms with van der Waals surface area (Å²) in [4.78, 5) is 39.6. The number of amides is 2. The number of alkyl halides is 3. The summed E-state index contributed by atoms with van der Waals surface area (Å²) in [5.41, 5.74) is 3.43. The third-order valence-corrected chi connectivity index (χ3v) is 7.11. The van der Waals surface area contributed by atoms with Gasteiger partial charge in [0.25, 0.3) is 11.8 Å². The van der Waals surface area contributed by atoms with Crippen molar-refractivity contribution in [1.29, 1.82) is 0 Å². The molecule has 1 saturated heterocycles. The largest absolute Gasteiger partial charge is 0.465 e. The van der Waals surface area contributed by atoms with E-state index < -0.39 is 28.6 Å². The van der Waals surface area contributed by atoms with Crippen molar-refractivity contribution in [1.82, 2.24) is 5.43 Å². The summed E-state index contributed by atoms with van der Waals surface area (Å²) < 4.78 is 44.6. The van der Waals surface area contributed by atoms with Gasteiger partial charge >= 0.3 is 12.1 Å². The highest BCUT2D eigenvalue weighted by Gasteiger charge is 2.33. The summed E-state index contributed by atoms with van der Waals surface area (Å²) in [5, 5.41) is 6.18. The second-order valence-electron chi connectivity index (χ2n) is 10.1. The van der Waals surface area contributed by atoms with Crippen molar-refractivity contribution in [2.24, 2.45) is 5.10 Å². The van der Waals surface area contributed by atoms with E-state index in [0.29, 0.717) is 17.5 Å². The summed E-state index contributed by atoms with van der Waals surface area (Å²) in [6.07, 6.45) is -0.105. The number of esters is 1. The molecule has 0 atom stereocenters. The van der Waals surface area contributed by atoms with Gasteiger partial charge in [-0.2, -0.15) is 18.3 Å². The van der Waals surface area contributed by atoms with Gasteiger partial charge in [-0.05, 0) is 73.4 Å². The molecule has 3 aromatic carbocycles. The minimum Gasteiger partial charge on any atom is -0.465 e. The lowest BCUT2D eigenvalue weighted by Gasteiger charge is -2.29. The van der Waals surface area contributed by atoms with E-state index in [1.165, 1.54) is 13.0 Å². The van der Waals surface area contributed by atoms with Gasteiger partial charge in [0, 0.05) is 43.2 Å². The molecule has 0 unspecified atom stereocenters. The number of carbonyl (C=O) groups excluding carboxylic acids is 3. The molecule has 0 aliphatic carbocycles. The van der Waals surface area contributed by atoms with Crippen molar-refractivity contribution >= 4 is 47.0 Å². The Bertz CT molecular complexity index is 1660. The molecule has 4 rings (SSSR count). The first kappa shape index (κ1) is 33.1. The van der Waals surface area contributed by atoms with Gasteiger partial charge in [-0.25, -0.2) is 5.43 Å². The number of benzene rings is 3. The first-order valence-electron chi connectivity index (χ1n) is 14.1. The molecule has 3 aromatic rings. The van der Waals surface area contributed by atoms with Gasteiger partial charge in [0.1, 0.15) is 6.61 Å². The van der Waals surface area contributed by atoms with E-state index in [1.54, 1.807) is 36.4 Å². The maximum atomic E-state index is 13.3. The summed E-state index contributed by atoms with van der Waals surface area (Å²) in [7, 11) is 0. The number of hydrogen-bond donors (Lipinski definition) is 2. The zero-order valence-corrected chi connectivity index (χ0v) is 25.1. The maximum absolute atomic E-state index is 13.3. The molecule has 0 saturated carbocycles. The Morgan fingerprint density at radius 1 is 1.02 bits per heavy atom. The summed E-state index contributed by atoms with van der Waals surface area (Å²) >= 11 is 5.69. The highest BCUT2D eigenvalue weighted by atomic mass is 35.5. The Morgan fingerprint density at radius 3 is 2.53 bits per heavy atom. The van der Waals surface area contributed by atoms with E-state index in [-0.39, 0.29) is 29.4 Å². The van der Waals surface area contributed by atoms with E-state index in [9.17, 15) is 27.6 Å². The molecule has 8 nitrogen and oxygen atoms in total. The van der Waals surface area contributed by atoms with Crippen LogP contribution in [0, 0.1) is 11.8 Å². The summed E-state index contributed by atoms with van der Waals surface area (Å²) in [6, 6.07) is 15.0. The monoisotopic (exact) mass is 638 g/mol. The van der Waals surface area contributed by atoms with Crippen LogP contribution in [0.25, 0.3) is 0 Å². The number of piperidine rings is 1. The second kappa shape index (κ2) is 15.3. The van der Waals surface area contributed by atoms with Crippen LogP contribution in [0.15, 0.2) is 65.8 Å². The average molecular weight is 639 g/mol. The molecule has 0 radical (unpaired) electrons. The molecule has 1 heterocycles. The predicted octanol–water partition coefficient (Wildman–Crippen LogP) is 6.67. The smallest absolute Gasteiger partial charge is 0.417 e. The van der Waals surface area contributed by atoms with Crippen molar-refractivity contribution in [2.75, 3.05) is 29.9 Å². The van der Waals surface area contributed by atoms with E-state index in [2.05, 4.69) is 32.6 Å². The Hall–Kier alpha value is -4.82. The number of nitrogens with zero attached hydrogens (tertiary/aromatic N) is 2. The predicted molar refractivity (Wildman–Crippen MR) is 167 cm³/mol. The molecule has 0 bridgehead atoms. The van der Waals surface area contributed by atoms with E-state index in [4.69, 9.17) is 16.3 Å². The van der Waals surface area contributed by atoms with Gasteiger partial charge in [0.05, 0.1) is 28.1 Å². The van der Waals surface area contributed by atoms with Crippen LogP contribution >= 0.6 is 11.6 Å². The van der Waals surface area contributed by atoms with Gasteiger partial charge in [-0.3, -0.25) is 14.4 Å². The van der Waals surface area contributed by atoms with Crippen molar-refractivity contribution < 1.29 is 32.3 Å². The molecule has 2 amide bonds. The van der Waals surface area contributed by atoms with E-state index in [1.807, 2.05) is 6.07 Å². The molecule has 0 aromatic heterocycles. The molecule has 1 aliphatic rings. The third-order valence-electron chi connectivity index (χ3n) is 6.78. The lowest BCUT2D eigenvalue weighted by molar-refractivity contribution is -0.140. The van der Waals surface area contributed by atoms with Crippen LogP contribution in [-0.4, -0.2) is 43.7 Å². The van der Waals surface area contributed by atoms with Crippen molar-refractivity contribution in [3.05, 3.63) is 93.5 Å². The van der Waals surface area contributed by atoms with Crippen LogP contribution in [0.3, 0.4) is 0 Å². The van der Waals surface area contributed by atoms with Gasteiger partial charge < -0.3 is 15.0 Å². The first-order chi connectivity index (χ1) is 21.5. The van der Waals surface area contributed by atoms with Gasteiger partial charge in [-0.1, -0.05) is 35.6 Å². The fourth-order valence-corrected chi connectivity index (χ4v) is 4.81. The number of nitrogens with one attached hydrogen (secondary N) is 2. The second-order valence-corrected chi connectivity index (χ2v) is 10.5. The normalized spacial score (nSPS) is 13.1. The molecule has 1 aliphatic heterocycles. The van der Waals surface area contributed by atoms with Crippen LogP contribution in [0.2, 0.25) is 5.02 Å². The molecule has 0 spiro atoms. The molecule has 1 fully saturated rings. The number of hydrazone groups is 1. The van der Waals surface area contributed by atoms with E-state index >= 15 is 0 Å². The zero-order valence-electron chi connectivity index (χ0n) is 24.3. The molecule has 2 N–H and O–H groups in total. The van der Waals surface area contributed by atoms with Crippen LogP contribution in [0.5, 0.6) is 0 Å². The highest BCUT2D eigenvalue weighted by molar-refractivity contribution is 6.31. The average Bonchev–Trinajstić information content (AvgIpc) is 3.01. The molecule has 45 heavy (non-hydrogen) atoms. The van der Waals surface area contributed by atoms with Gasteiger partial charge in [0.15, 0.2) is 0 Å². The molecular formula is C33H30ClF3N4O4. The van der Waals surface area contributed by atoms with E-state index in [0.717, 1.165) is 56.4 Å². The molecule has 12 heteroatoms. The lowest BCUT2D eigenvalue weighted by Crippen LogP contribution is -2.30. The Kier molecular flexibility index (Phi) is 11.2. The number of halogens is 4. The quantitative estimate of drug-likeness (QED) is 0.0944.